The van der Waals surface area contributed by atoms with Crippen molar-refractivity contribution in [1.29, 1.82) is 0 Å². The molecule has 0 radical (unpaired) electrons. The molecule has 0 bridgehead atoms. The van der Waals surface area contributed by atoms with E-state index in [0.717, 1.165) is 55.7 Å². The molecule has 0 saturated carbocycles. The van der Waals surface area contributed by atoms with Crippen molar-refractivity contribution in [2.45, 2.75) is 37.7 Å². The molecule has 0 atom stereocenters. The number of hydrogen-bond donors (Lipinski definition) is 0. The van der Waals surface area contributed by atoms with Crippen LogP contribution < -0.4 is 0 Å². The lowest BCUT2D eigenvalue weighted by Gasteiger charge is -2.38. The Labute approximate surface area is 182 Å². The van der Waals surface area contributed by atoms with E-state index >= 15 is 0 Å². The first kappa shape index (κ1) is 21.5. The average molecular weight is 427 g/mol. The zero-order valence-corrected chi connectivity index (χ0v) is 17.8. The standard InChI is InChI=1S/C25H28F2N2O2/c1-3-29-18(2)25(31-24(29)30)13-16-28(17-14-25)15-12-23(19-4-8-21(26)9-5-19)20-6-10-22(27)11-7-20/h4-11,23H,2-3,12-17H2,1H3. The van der Waals surface area contributed by atoms with Gasteiger partial charge in [-0.1, -0.05) is 30.8 Å². The zero-order chi connectivity index (χ0) is 22.0. The molecule has 2 fully saturated rings. The summed E-state index contributed by atoms with van der Waals surface area (Å²) in [5, 5.41) is 0. The fourth-order valence-electron chi connectivity index (χ4n) is 4.71. The number of nitrogens with zero attached hydrogens (tertiary/aromatic N) is 2. The van der Waals surface area contributed by atoms with Crippen molar-refractivity contribution in [2.75, 3.05) is 26.2 Å². The summed E-state index contributed by atoms with van der Waals surface area (Å²) < 4.78 is 32.6. The van der Waals surface area contributed by atoms with Crippen molar-refractivity contribution < 1.29 is 18.3 Å². The van der Waals surface area contributed by atoms with E-state index in [9.17, 15) is 13.6 Å². The average Bonchev–Trinajstić information content (AvgIpc) is 3.00. The van der Waals surface area contributed by atoms with E-state index in [0.29, 0.717) is 6.54 Å². The number of ether oxygens (including phenoxy) is 1. The number of carbonyl (C=O) groups is 1. The first-order chi connectivity index (χ1) is 14.9. The number of amides is 1. The van der Waals surface area contributed by atoms with Crippen LogP contribution in [0.15, 0.2) is 60.8 Å². The topological polar surface area (TPSA) is 32.8 Å². The molecule has 2 aromatic carbocycles. The van der Waals surface area contributed by atoms with Gasteiger partial charge in [-0.15, -0.1) is 0 Å². The van der Waals surface area contributed by atoms with E-state index in [2.05, 4.69) is 11.5 Å². The van der Waals surface area contributed by atoms with Crippen LogP contribution in [-0.2, 0) is 4.74 Å². The number of benzene rings is 2. The third kappa shape index (κ3) is 4.35. The fourth-order valence-corrected chi connectivity index (χ4v) is 4.71. The van der Waals surface area contributed by atoms with Gasteiger partial charge in [-0.25, -0.2) is 13.6 Å². The van der Waals surface area contributed by atoms with Crippen molar-refractivity contribution in [3.63, 3.8) is 0 Å². The minimum atomic E-state index is -0.573. The predicted molar refractivity (Wildman–Crippen MR) is 116 cm³/mol. The van der Waals surface area contributed by atoms with Crippen molar-refractivity contribution in [1.82, 2.24) is 9.80 Å². The number of piperidine rings is 1. The van der Waals surface area contributed by atoms with Crippen LogP contribution in [0, 0.1) is 11.6 Å². The van der Waals surface area contributed by atoms with Crippen molar-refractivity contribution in [2.24, 2.45) is 0 Å². The molecule has 0 aromatic heterocycles. The van der Waals surface area contributed by atoms with Gasteiger partial charge in [-0.3, -0.25) is 4.90 Å². The number of rotatable bonds is 6. The van der Waals surface area contributed by atoms with E-state index in [1.807, 2.05) is 6.92 Å². The molecule has 0 aliphatic carbocycles. The van der Waals surface area contributed by atoms with E-state index in [1.54, 1.807) is 29.2 Å². The Bertz CT molecular complexity index is 889. The first-order valence-corrected chi connectivity index (χ1v) is 10.8. The largest absolute Gasteiger partial charge is 0.436 e. The highest BCUT2D eigenvalue weighted by molar-refractivity contribution is 5.74. The maximum Gasteiger partial charge on any atom is 0.415 e. The summed E-state index contributed by atoms with van der Waals surface area (Å²) in [6.45, 7) is 9.08. The van der Waals surface area contributed by atoms with Gasteiger partial charge in [0.25, 0.3) is 0 Å². The molecule has 0 N–H and O–H groups in total. The molecule has 2 aliphatic rings. The second kappa shape index (κ2) is 8.79. The molecule has 31 heavy (non-hydrogen) atoms. The summed E-state index contributed by atoms with van der Waals surface area (Å²) in [4.78, 5) is 16.1. The highest BCUT2D eigenvalue weighted by Crippen LogP contribution is 2.40. The van der Waals surface area contributed by atoms with Gasteiger partial charge >= 0.3 is 6.09 Å². The number of hydrogen-bond acceptors (Lipinski definition) is 3. The fraction of sp³-hybridized carbons (Fsp3) is 0.400. The highest BCUT2D eigenvalue weighted by Gasteiger charge is 2.49. The molecular formula is C25H28F2N2O2. The first-order valence-electron chi connectivity index (χ1n) is 10.8. The SMILES string of the molecule is C=C1N(CC)C(=O)OC12CCN(CCC(c1ccc(F)cc1)c1ccc(F)cc1)CC2. The molecule has 1 amide bonds. The summed E-state index contributed by atoms with van der Waals surface area (Å²) in [6, 6.07) is 13.1. The van der Waals surface area contributed by atoms with Crippen LogP contribution in [0.4, 0.5) is 13.6 Å². The quantitative estimate of drug-likeness (QED) is 0.628. The summed E-state index contributed by atoms with van der Waals surface area (Å²) >= 11 is 0. The van der Waals surface area contributed by atoms with Crippen LogP contribution in [0.2, 0.25) is 0 Å². The Balaban J connectivity index is 1.43. The Hall–Kier alpha value is -2.73. The Morgan fingerprint density at radius 3 is 1.97 bits per heavy atom. The van der Waals surface area contributed by atoms with E-state index in [-0.39, 0.29) is 23.6 Å². The number of likely N-dealkylation sites (tertiary alicyclic amines) is 1. The van der Waals surface area contributed by atoms with Gasteiger partial charge in [0, 0.05) is 38.4 Å². The van der Waals surface area contributed by atoms with Crippen molar-refractivity contribution in [3.8, 4) is 0 Å². The molecule has 2 saturated heterocycles. The minimum Gasteiger partial charge on any atom is -0.436 e. The molecule has 4 rings (SSSR count). The van der Waals surface area contributed by atoms with E-state index in [1.165, 1.54) is 24.3 Å². The number of likely N-dealkylation sites (N-methyl/N-ethyl adjacent to an activating group) is 1. The molecule has 1 spiro atoms. The van der Waals surface area contributed by atoms with Gasteiger partial charge in [0.15, 0.2) is 5.60 Å². The van der Waals surface area contributed by atoms with Gasteiger partial charge in [-0.05, 0) is 55.3 Å². The summed E-state index contributed by atoms with van der Waals surface area (Å²) in [7, 11) is 0. The van der Waals surface area contributed by atoms with Gasteiger partial charge in [0.1, 0.15) is 11.6 Å². The monoisotopic (exact) mass is 426 g/mol. The molecule has 2 heterocycles. The maximum absolute atomic E-state index is 13.4. The van der Waals surface area contributed by atoms with Gasteiger partial charge in [0.05, 0.1) is 5.70 Å². The van der Waals surface area contributed by atoms with E-state index < -0.39 is 5.60 Å². The number of carbonyl (C=O) groups excluding carboxylic acids is 1. The molecule has 2 aliphatic heterocycles. The van der Waals surface area contributed by atoms with Crippen LogP contribution in [-0.4, -0.2) is 47.7 Å². The van der Waals surface area contributed by atoms with Gasteiger partial charge < -0.3 is 9.64 Å². The third-order valence-corrected chi connectivity index (χ3v) is 6.61. The van der Waals surface area contributed by atoms with E-state index in [4.69, 9.17) is 4.74 Å². The normalized spacial score (nSPS) is 18.8. The minimum absolute atomic E-state index is 0.0481. The Morgan fingerprint density at radius 1 is 1.00 bits per heavy atom. The van der Waals surface area contributed by atoms with Crippen LogP contribution in [0.25, 0.3) is 0 Å². The number of halogens is 2. The predicted octanol–water partition coefficient (Wildman–Crippen LogP) is 5.31. The lowest BCUT2D eigenvalue weighted by atomic mass is 9.86. The van der Waals surface area contributed by atoms with Crippen LogP contribution in [0.1, 0.15) is 43.2 Å². The van der Waals surface area contributed by atoms with Crippen molar-refractivity contribution >= 4 is 6.09 Å². The molecule has 4 nitrogen and oxygen atoms in total. The Kier molecular flexibility index (Phi) is 6.10. The Morgan fingerprint density at radius 2 is 1.52 bits per heavy atom. The van der Waals surface area contributed by atoms with Crippen molar-refractivity contribution in [3.05, 3.63) is 83.6 Å². The lowest BCUT2D eigenvalue weighted by molar-refractivity contribution is 0.0143. The summed E-state index contributed by atoms with van der Waals surface area (Å²) in [5.74, 6) is -0.488. The van der Waals surface area contributed by atoms with Gasteiger partial charge in [-0.2, -0.15) is 0 Å². The molecule has 164 valence electrons. The highest BCUT2D eigenvalue weighted by atomic mass is 19.1. The van der Waals surface area contributed by atoms with Crippen LogP contribution in [0.5, 0.6) is 0 Å². The van der Waals surface area contributed by atoms with Crippen LogP contribution in [0.3, 0.4) is 0 Å². The second-order valence-electron chi connectivity index (χ2n) is 8.34. The maximum atomic E-state index is 13.4. The molecule has 2 aromatic rings. The zero-order valence-electron chi connectivity index (χ0n) is 17.8. The summed E-state index contributed by atoms with van der Waals surface area (Å²) in [5.41, 5.74) is 2.23. The molecular weight excluding hydrogens is 398 g/mol. The van der Waals surface area contributed by atoms with Crippen LogP contribution >= 0.6 is 0 Å². The second-order valence-corrected chi connectivity index (χ2v) is 8.34. The summed E-state index contributed by atoms with van der Waals surface area (Å²) in [6.07, 6.45) is 1.98. The molecule has 0 unspecified atom stereocenters. The molecule has 6 heteroatoms. The third-order valence-electron chi connectivity index (χ3n) is 6.61. The lowest BCUT2D eigenvalue weighted by Crippen LogP contribution is -2.46. The van der Waals surface area contributed by atoms with Gasteiger partial charge in [0.2, 0.25) is 0 Å². The smallest absolute Gasteiger partial charge is 0.415 e.